The lowest BCUT2D eigenvalue weighted by Crippen LogP contribution is -2.31. The second-order valence-electron chi connectivity index (χ2n) is 3.61. The third-order valence-electron chi connectivity index (χ3n) is 2.41. The zero-order valence-electron chi connectivity index (χ0n) is 9.20. The van der Waals surface area contributed by atoms with Crippen LogP contribution in [0, 0.1) is 0 Å². The minimum atomic E-state index is 1.02. The average molecular weight is 196 g/mol. The zero-order valence-corrected chi connectivity index (χ0v) is 9.20. The predicted octanol–water partition coefficient (Wildman–Crippen LogP) is 2.05. The van der Waals surface area contributed by atoms with E-state index in [0.717, 1.165) is 13.0 Å². The van der Waals surface area contributed by atoms with Crippen molar-refractivity contribution in [2.24, 2.45) is 5.16 Å². The van der Waals surface area contributed by atoms with E-state index in [1.54, 1.807) is 7.11 Å². The highest BCUT2D eigenvalue weighted by Crippen LogP contribution is 2.08. The van der Waals surface area contributed by atoms with Crippen molar-refractivity contribution < 1.29 is 4.84 Å². The number of oxime groups is 1. The molecular weight excluding hydrogens is 176 g/mol. The fourth-order valence-electron chi connectivity index (χ4n) is 1.62. The zero-order chi connectivity index (χ0) is 10.2. The second-order valence-corrected chi connectivity index (χ2v) is 3.61. The standard InChI is InChI=1S/C11H20N2O/c1-3-4-7-13-8-5-6-11(10-13)9-12-14-2/h6,9H,3-5,7-8,10H2,1-2H3. The summed E-state index contributed by atoms with van der Waals surface area (Å²) >= 11 is 0. The highest BCUT2D eigenvalue weighted by molar-refractivity contribution is 5.78. The van der Waals surface area contributed by atoms with Gasteiger partial charge in [0.15, 0.2) is 0 Å². The van der Waals surface area contributed by atoms with Crippen LogP contribution in [-0.4, -0.2) is 37.9 Å². The Labute approximate surface area is 86.4 Å². The Morgan fingerprint density at radius 2 is 2.50 bits per heavy atom. The van der Waals surface area contributed by atoms with Crippen LogP contribution in [0.4, 0.5) is 0 Å². The van der Waals surface area contributed by atoms with Crippen molar-refractivity contribution in [1.29, 1.82) is 0 Å². The molecule has 0 spiro atoms. The molecule has 0 fully saturated rings. The van der Waals surface area contributed by atoms with Crippen molar-refractivity contribution in [3.05, 3.63) is 11.6 Å². The van der Waals surface area contributed by atoms with Crippen LogP contribution in [0.5, 0.6) is 0 Å². The minimum Gasteiger partial charge on any atom is -0.399 e. The molecular formula is C11H20N2O. The molecule has 14 heavy (non-hydrogen) atoms. The number of rotatable bonds is 5. The molecule has 0 radical (unpaired) electrons. The van der Waals surface area contributed by atoms with Crippen molar-refractivity contribution >= 4 is 6.21 Å². The van der Waals surface area contributed by atoms with Crippen molar-refractivity contribution in [3.8, 4) is 0 Å². The molecule has 0 atom stereocenters. The lowest BCUT2D eigenvalue weighted by Gasteiger charge is -2.25. The molecule has 1 rings (SSSR count). The molecule has 80 valence electrons. The minimum absolute atomic E-state index is 1.02. The van der Waals surface area contributed by atoms with Gasteiger partial charge in [0.2, 0.25) is 0 Å². The van der Waals surface area contributed by atoms with Gasteiger partial charge >= 0.3 is 0 Å². The van der Waals surface area contributed by atoms with E-state index in [1.807, 2.05) is 6.21 Å². The van der Waals surface area contributed by atoms with Crippen molar-refractivity contribution in [2.45, 2.75) is 26.2 Å². The fourth-order valence-corrected chi connectivity index (χ4v) is 1.62. The first-order valence-corrected chi connectivity index (χ1v) is 5.34. The first-order chi connectivity index (χ1) is 6.86. The Morgan fingerprint density at radius 3 is 3.21 bits per heavy atom. The SMILES string of the molecule is CCCCN1CCC=C(C=NOC)C1. The highest BCUT2D eigenvalue weighted by Gasteiger charge is 2.10. The van der Waals surface area contributed by atoms with Gasteiger partial charge in [0.05, 0.1) is 6.21 Å². The van der Waals surface area contributed by atoms with E-state index < -0.39 is 0 Å². The molecule has 1 aliphatic heterocycles. The third-order valence-corrected chi connectivity index (χ3v) is 2.41. The van der Waals surface area contributed by atoms with Crippen LogP contribution in [-0.2, 0) is 4.84 Å². The topological polar surface area (TPSA) is 24.8 Å². The third kappa shape index (κ3) is 3.92. The van der Waals surface area contributed by atoms with Crippen LogP contribution in [0.2, 0.25) is 0 Å². The smallest absolute Gasteiger partial charge is 0.106 e. The van der Waals surface area contributed by atoms with Crippen LogP contribution in [0.25, 0.3) is 0 Å². The monoisotopic (exact) mass is 196 g/mol. The summed E-state index contributed by atoms with van der Waals surface area (Å²) in [6, 6.07) is 0. The Balaban J connectivity index is 2.33. The predicted molar refractivity (Wildman–Crippen MR) is 59.5 cm³/mol. The Morgan fingerprint density at radius 1 is 1.64 bits per heavy atom. The Hall–Kier alpha value is -0.830. The van der Waals surface area contributed by atoms with E-state index in [0.29, 0.717) is 0 Å². The van der Waals surface area contributed by atoms with E-state index in [4.69, 9.17) is 0 Å². The van der Waals surface area contributed by atoms with Gasteiger partial charge in [-0.05, 0) is 25.0 Å². The van der Waals surface area contributed by atoms with Gasteiger partial charge in [0.1, 0.15) is 7.11 Å². The molecule has 1 aliphatic rings. The van der Waals surface area contributed by atoms with Crippen LogP contribution in [0.1, 0.15) is 26.2 Å². The fraction of sp³-hybridized carbons (Fsp3) is 0.727. The molecule has 0 aliphatic carbocycles. The van der Waals surface area contributed by atoms with Crippen LogP contribution >= 0.6 is 0 Å². The summed E-state index contributed by atoms with van der Waals surface area (Å²) in [5.74, 6) is 0. The van der Waals surface area contributed by atoms with E-state index in [9.17, 15) is 0 Å². The Kier molecular flexibility index (Phi) is 5.30. The maximum Gasteiger partial charge on any atom is 0.106 e. The molecule has 0 N–H and O–H groups in total. The number of hydrogen-bond acceptors (Lipinski definition) is 3. The number of nitrogens with zero attached hydrogens (tertiary/aromatic N) is 2. The maximum atomic E-state index is 4.67. The van der Waals surface area contributed by atoms with Gasteiger partial charge in [0, 0.05) is 13.1 Å². The average Bonchev–Trinajstić information content (AvgIpc) is 2.24. The quantitative estimate of drug-likeness (QED) is 0.496. The summed E-state index contributed by atoms with van der Waals surface area (Å²) in [4.78, 5) is 7.14. The second kappa shape index (κ2) is 6.60. The summed E-state index contributed by atoms with van der Waals surface area (Å²) in [7, 11) is 1.58. The van der Waals surface area contributed by atoms with E-state index in [1.165, 1.54) is 31.5 Å². The molecule has 1 heterocycles. The van der Waals surface area contributed by atoms with Gasteiger partial charge in [-0.2, -0.15) is 0 Å². The van der Waals surface area contributed by atoms with Gasteiger partial charge in [-0.15, -0.1) is 0 Å². The molecule has 0 saturated heterocycles. The molecule has 0 aromatic rings. The molecule has 0 aromatic heterocycles. The highest BCUT2D eigenvalue weighted by atomic mass is 16.6. The van der Waals surface area contributed by atoms with Gasteiger partial charge in [-0.3, -0.25) is 4.90 Å². The first-order valence-electron chi connectivity index (χ1n) is 5.34. The van der Waals surface area contributed by atoms with Crippen LogP contribution in [0.3, 0.4) is 0 Å². The summed E-state index contributed by atoms with van der Waals surface area (Å²) in [6.07, 6.45) is 7.74. The number of unbranched alkanes of at least 4 members (excludes halogenated alkanes) is 1. The van der Waals surface area contributed by atoms with Crippen molar-refractivity contribution in [3.63, 3.8) is 0 Å². The van der Waals surface area contributed by atoms with Gasteiger partial charge in [0.25, 0.3) is 0 Å². The summed E-state index contributed by atoms with van der Waals surface area (Å²) in [5.41, 5.74) is 1.27. The van der Waals surface area contributed by atoms with Crippen molar-refractivity contribution in [2.75, 3.05) is 26.7 Å². The first kappa shape index (κ1) is 11.2. The summed E-state index contributed by atoms with van der Waals surface area (Å²) in [5, 5.41) is 3.79. The van der Waals surface area contributed by atoms with E-state index in [-0.39, 0.29) is 0 Å². The molecule has 0 bridgehead atoms. The normalized spacial score (nSPS) is 18.6. The van der Waals surface area contributed by atoms with Crippen LogP contribution < -0.4 is 0 Å². The molecule has 3 nitrogen and oxygen atoms in total. The Bertz CT molecular complexity index is 211. The molecule has 0 unspecified atom stereocenters. The van der Waals surface area contributed by atoms with Gasteiger partial charge in [-0.25, -0.2) is 0 Å². The van der Waals surface area contributed by atoms with Gasteiger partial charge < -0.3 is 4.84 Å². The largest absolute Gasteiger partial charge is 0.399 e. The van der Waals surface area contributed by atoms with E-state index in [2.05, 4.69) is 27.9 Å². The van der Waals surface area contributed by atoms with Gasteiger partial charge in [-0.1, -0.05) is 24.6 Å². The van der Waals surface area contributed by atoms with E-state index >= 15 is 0 Å². The molecule has 0 amide bonds. The molecule has 3 heteroatoms. The summed E-state index contributed by atoms with van der Waals surface area (Å²) < 4.78 is 0. The molecule has 0 saturated carbocycles. The lowest BCUT2D eigenvalue weighted by atomic mass is 10.1. The van der Waals surface area contributed by atoms with Crippen molar-refractivity contribution in [1.82, 2.24) is 4.90 Å². The summed E-state index contributed by atoms with van der Waals surface area (Å²) in [6.45, 7) is 5.64. The maximum absolute atomic E-state index is 4.67. The molecule has 0 aromatic carbocycles. The lowest BCUT2D eigenvalue weighted by molar-refractivity contribution is 0.214. The number of hydrogen-bond donors (Lipinski definition) is 0. The van der Waals surface area contributed by atoms with Crippen LogP contribution in [0.15, 0.2) is 16.8 Å².